The van der Waals surface area contributed by atoms with E-state index >= 15 is 0 Å². The number of piperazine rings is 1. The van der Waals surface area contributed by atoms with Crippen molar-refractivity contribution in [2.75, 3.05) is 42.9 Å². The number of nitrogens with zero attached hydrogens (tertiary/aromatic N) is 3. The molecule has 1 aliphatic rings. The molecule has 1 aliphatic heterocycles. The van der Waals surface area contributed by atoms with Crippen molar-refractivity contribution in [1.29, 1.82) is 0 Å². The third kappa shape index (κ3) is 3.71. The van der Waals surface area contributed by atoms with E-state index < -0.39 is 0 Å². The Labute approximate surface area is 146 Å². The number of anilines is 2. The van der Waals surface area contributed by atoms with Crippen LogP contribution in [0.25, 0.3) is 0 Å². The van der Waals surface area contributed by atoms with Crippen molar-refractivity contribution in [1.82, 2.24) is 10.1 Å². The van der Waals surface area contributed by atoms with Gasteiger partial charge in [0, 0.05) is 37.3 Å². The number of hydrogen-bond donors (Lipinski definition) is 1. The molecule has 0 atom stereocenters. The monoisotopic (exact) mass is 348 g/mol. The van der Waals surface area contributed by atoms with Crippen molar-refractivity contribution in [3.8, 4) is 0 Å². The third-order valence-electron chi connectivity index (χ3n) is 4.22. The minimum atomic E-state index is -0.327. The first-order chi connectivity index (χ1) is 11.6. The Hall–Kier alpha value is -2.05. The Bertz CT molecular complexity index is 723. The van der Waals surface area contributed by atoms with Crippen LogP contribution in [-0.2, 0) is 0 Å². The van der Waals surface area contributed by atoms with Crippen molar-refractivity contribution < 1.29 is 9.32 Å². The average molecular weight is 349 g/mol. The fraction of sp³-hybridized carbons (Fsp3) is 0.412. The van der Waals surface area contributed by atoms with E-state index in [2.05, 4.69) is 27.2 Å². The fourth-order valence-corrected chi connectivity index (χ4v) is 3.02. The highest BCUT2D eigenvalue weighted by atomic mass is 35.5. The number of nitrogens with one attached hydrogen (secondary N) is 1. The topological polar surface area (TPSA) is 61.6 Å². The molecule has 1 fully saturated rings. The number of halogens is 1. The molecular formula is C17H21ClN4O2. The summed E-state index contributed by atoms with van der Waals surface area (Å²) in [6, 6.07) is 7.17. The highest BCUT2D eigenvalue weighted by Gasteiger charge is 2.20. The van der Waals surface area contributed by atoms with Crippen molar-refractivity contribution in [2.45, 2.75) is 13.8 Å². The number of aromatic nitrogens is 1. The summed E-state index contributed by atoms with van der Waals surface area (Å²) in [5.74, 6) is -0.138. The van der Waals surface area contributed by atoms with Crippen LogP contribution in [0.2, 0.25) is 5.02 Å². The molecule has 0 radical (unpaired) electrons. The molecule has 1 aromatic carbocycles. The maximum Gasteiger partial charge on any atom is 0.294 e. The van der Waals surface area contributed by atoms with E-state index in [1.165, 1.54) is 0 Å². The lowest BCUT2D eigenvalue weighted by molar-refractivity contribution is 0.0988. The normalized spacial score (nSPS) is 15.5. The lowest BCUT2D eigenvalue weighted by Gasteiger charge is -2.36. The maximum atomic E-state index is 12.4. The first kappa shape index (κ1) is 16.8. The van der Waals surface area contributed by atoms with Crippen LogP contribution in [0.3, 0.4) is 0 Å². The van der Waals surface area contributed by atoms with Gasteiger partial charge in [-0.1, -0.05) is 23.7 Å². The molecule has 0 spiro atoms. The van der Waals surface area contributed by atoms with Crippen LogP contribution in [0.5, 0.6) is 0 Å². The largest absolute Gasteiger partial charge is 0.367 e. The molecule has 2 heterocycles. The molecule has 0 aliphatic carbocycles. The Morgan fingerprint density at radius 2 is 2.04 bits per heavy atom. The smallest absolute Gasteiger partial charge is 0.294 e. The van der Waals surface area contributed by atoms with Crippen LogP contribution in [0, 0.1) is 6.92 Å². The highest BCUT2D eigenvalue weighted by molar-refractivity contribution is 6.31. The van der Waals surface area contributed by atoms with E-state index in [0.717, 1.165) is 38.4 Å². The molecule has 1 amide bonds. The Morgan fingerprint density at radius 1 is 1.29 bits per heavy atom. The van der Waals surface area contributed by atoms with Gasteiger partial charge in [0.1, 0.15) is 0 Å². The third-order valence-corrected chi connectivity index (χ3v) is 4.45. The van der Waals surface area contributed by atoms with Crippen molar-refractivity contribution in [2.24, 2.45) is 0 Å². The Balaban J connectivity index is 1.80. The SMILES string of the molecule is CCN1CCN(c2ccc(Cl)cc2NC(=O)c2cc(C)no2)CC1. The van der Waals surface area contributed by atoms with Crippen molar-refractivity contribution >= 4 is 28.9 Å². The van der Waals surface area contributed by atoms with E-state index in [9.17, 15) is 4.79 Å². The first-order valence-electron chi connectivity index (χ1n) is 8.08. The van der Waals surface area contributed by atoms with Gasteiger partial charge in [-0.3, -0.25) is 4.79 Å². The predicted molar refractivity (Wildman–Crippen MR) is 95.0 cm³/mol. The molecule has 6 nitrogen and oxygen atoms in total. The molecule has 0 saturated carbocycles. The fourth-order valence-electron chi connectivity index (χ4n) is 2.84. The van der Waals surface area contributed by atoms with Crippen LogP contribution in [-0.4, -0.2) is 48.7 Å². The number of likely N-dealkylation sites (N-methyl/N-ethyl adjacent to an activating group) is 1. The zero-order valence-corrected chi connectivity index (χ0v) is 14.6. The molecule has 0 bridgehead atoms. The second-order valence-corrected chi connectivity index (χ2v) is 6.31. The standard InChI is InChI=1S/C17H21ClN4O2/c1-3-21-6-8-22(9-7-21)15-5-4-13(18)11-14(15)19-17(23)16-10-12(2)20-24-16/h4-5,10-11H,3,6-9H2,1-2H3,(H,19,23). The molecule has 1 aromatic heterocycles. The van der Waals surface area contributed by atoms with Crippen LogP contribution in [0.1, 0.15) is 23.2 Å². The van der Waals surface area contributed by atoms with Gasteiger partial charge in [-0.2, -0.15) is 0 Å². The average Bonchev–Trinajstić information content (AvgIpc) is 3.02. The lowest BCUT2D eigenvalue weighted by Crippen LogP contribution is -2.46. The van der Waals surface area contributed by atoms with E-state index in [1.54, 1.807) is 19.1 Å². The maximum absolute atomic E-state index is 12.4. The summed E-state index contributed by atoms with van der Waals surface area (Å²) in [6.45, 7) is 8.85. The minimum absolute atomic E-state index is 0.189. The lowest BCUT2D eigenvalue weighted by atomic mass is 10.2. The van der Waals surface area contributed by atoms with E-state index in [4.69, 9.17) is 16.1 Å². The molecular weight excluding hydrogens is 328 g/mol. The molecule has 24 heavy (non-hydrogen) atoms. The van der Waals surface area contributed by atoms with Crippen LogP contribution >= 0.6 is 11.6 Å². The second-order valence-electron chi connectivity index (χ2n) is 5.87. The van der Waals surface area contributed by atoms with Gasteiger partial charge in [-0.15, -0.1) is 0 Å². The summed E-state index contributed by atoms with van der Waals surface area (Å²) in [6.07, 6.45) is 0. The highest BCUT2D eigenvalue weighted by Crippen LogP contribution is 2.30. The van der Waals surface area contributed by atoms with Gasteiger partial charge in [0.2, 0.25) is 5.76 Å². The summed E-state index contributed by atoms with van der Waals surface area (Å²) in [5, 5.41) is 7.22. The van der Waals surface area contributed by atoms with E-state index in [1.807, 2.05) is 12.1 Å². The molecule has 7 heteroatoms. The zero-order chi connectivity index (χ0) is 17.1. The summed E-state index contributed by atoms with van der Waals surface area (Å²) in [5.41, 5.74) is 2.33. The zero-order valence-electron chi connectivity index (χ0n) is 13.9. The number of benzene rings is 1. The van der Waals surface area contributed by atoms with Crippen LogP contribution < -0.4 is 10.2 Å². The number of amides is 1. The molecule has 1 N–H and O–H groups in total. The molecule has 128 valence electrons. The number of carbonyl (C=O) groups excluding carboxylic acids is 1. The van der Waals surface area contributed by atoms with E-state index in [-0.39, 0.29) is 11.7 Å². The van der Waals surface area contributed by atoms with Gasteiger partial charge in [-0.05, 0) is 31.7 Å². The summed E-state index contributed by atoms with van der Waals surface area (Å²) < 4.78 is 5.03. The van der Waals surface area contributed by atoms with Gasteiger partial charge in [-0.25, -0.2) is 0 Å². The van der Waals surface area contributed by atoms with Crippen LogP contribution in [0.4, 0.5) is 11.4 Å². The van der Waals surface area contributed by atoms with Crippen molar-refractivity contribution in [3.63, 3.8) is 0 Å². The van der Waals surface area contributed by atoms with Gasteiger partial charge >= 0.3 is 0 Å². The minimum Gasteiger partial charge on any atom is -0.367 e. The Morgan fingerprint density at radius 3 is 2.67 bits per heavy atom. The number of aryl methyl sites for hydroxylation is 1. The molecule has 0 unspecified atom stereocenters. The summed E-state index contributed by atoms with van der Waals surface area (Å²) >= 11 is 6.12. The number of hydrogen-bond acceptors (Lipinski definition) is 5. The second kappa shape index (κ2) is 7.23. The quantitative estimate of drug-likeness (QED) is 0.920. The number of carbonyl (C=O) groups is 1. The Kier molecular flexibility index (Phi) is 5.06. The molecule has 3 rings (SSSR count). The number of rotatable bonds is 4. The van der Waals surface area contributed by atoms with Gasteiger partial charge < -0.3 is 19.6 Å². The van der Waals surface area contributed by atoms with Gasteiger partial charge in [0.15, 0.2) is 0 Å². The first-order valence-corrected chi connectivity index (χ1v) is 8.46. The van der Waals surface area contributed by atoms with Gasteiger partial charge in [0.25, 0.3) is 5.91 Å². The van der Waals surface area contributed by atoms with E-state index in [0.29, 0.717) is 16.4 Å². The van der Waals surface area contributed by atoms with Gasteiger partial charge in [0.05, 0.1) is 17.1 Å². The summed E-state index contributed by atoms with van der Waals surface area (Å²) in [7, 11) is 0. The predicted octanol–water partition coefficient (Wildman–Crippen LogP) is 3.03. The van der Waals surface area contributed by atoms with Crippen molar-refractivity contribution in [3.05, 3.63) is 40.7 Å². The van der Waals surface area contributed by atoms with Crippen LogP contribution in [0.15, 0.2) is 28.8 Å². The summed E-state index contributed by atoms with van der Waals surface area (Å²) in [4.78, 5) is 17.0. The molecule has 2 aromatic rings. The molecule has 1 saturated heterocycles.